The first-order valence-electron chi connectivity index (χ1n) is 11.8. The smallest absolute Gasteiger partial charge is 0.191 e. The number of likely N-dealkylation sites (N-methyl/N-ethyl adjacent to an activating group) is 1. The van der Waals surface area contributed by atoms with E-state index in [1.165, 1.54) is 32.7 Å². The van der Waals surface area contributed by atoms with E-state index in [0.717, 1.165) is 77.8 Å². The van der Waals surface area contributed by atoms with Crippen molar-refractivity contribution in [3.63, 3.8) is 0 Å². The maximum absolute atomic E-state index is 5.85. The van der Waals surface area contributed by atoms with Crippen LogP contribution in [0.15, 0.2) is 4.99 Å². The van der Waals surface area contributed by atoms with Crippen molar-refractivity contribution in [2.45, 2.75) is 40.0 Å². The molecule has 0 spiro atoms. The fraction of sp³-hybridized carbons (Fsp3) is 0.955. The number of guanidine groups is 1. The third-order valence-electron chi connectivity index (χ3n) is 5.84. The van der Waals surface area contributed by atoms with E-state index < -0.39 is 0 Å². The molecular weight excluding hydrogens is 366 g/mol. The lowest BCUT2D eigenvalue weighted by Gasteiger charge is -2.35. The van der Waals surface area contributed by atoms with Crippen molar-refractivity contribution in [1.82, 2.24) is 20.4 Å². The summed E-state index contributed by atoms with van der Waals surface area (Å²) in [5, 5.41) is 6.81. The van der Waals surface area contributed by atoms with Gasteiger partial charge in [-0.1, -0.05) is 13.8 Å². The first-order valence-corrected chi connectivity index (χ1v) is 11.8. The summed E-state index contributed by atoms with van der Waals surface area (Å²) in [6.07, 6.45) is 3.29. The number of ether oxygens (including phenoxy) is 2. The van der Waals surface area contributed by atoms with Gasteiger partial charge in [0.1, 0.15) is 0 Å². The molecule has 29 heavy (non-hydrogen) atoms. The van der Waals surface area contributed by atoms with Crippen LogP contribution in [0.3, 0.4) is 0 Å². The average Bonchev–Trinajstić information content (AvgIpc) is 2.75. The van der Waals surface area contributed by atoms with Gasteiger partial charge in [0.25, 0.3) is 0 Å². The molecule has 170 valence electrons. The lowest BCUT2D eigenvalue weighted by molar-refractivity contribution is 0.0203. The van der Waals surface area contributed by atoms with E-state index in [4.69, 9.17) is 14.5 Å². The predicted molar refractivity (Wildman–Crippen MR) is 121 cm³/mol. The standard InChI is InChI=1S/C22H45N5O2/c1-4-23-22(24-9-6-14-29-19-21-7-15-28-16-8-21)25-17-20(3)18-27-12-10-26(5-2)11-13-27/h20-21H,4-19H2,1-3H3,(H2,23,24,25). The highest BCUT2D eigenvalue weighted by Gasteiger charge is 2.17. The fourth-order valence-electron chi connectivity index (χ4n) is 3.92. The van der Waals surface area contributed by atoms with E-state index in [1.54, 1.807) is 0 Å². The highest BCUT2D eigenvalue weighted by molar-refractivity contribution is 5.79. The lowest BCUT2D eigenvalue weighted by atomic mass is 10.0. The Morgan fingerprint density at radius 1 is 1.10 bits per heavy atom. The van der Waals surface area contributed by atoms with Gasteiger partial charge in [-0.2, -0.15) is 0 Å². The van der Waals surface area contributed by atoms with Gasteiger partial charge < -0.3 is 29.9 Å². The lowest BCUT2D eigenvalue weighted by Crippen LogP contribution is -2.47. The number of rotatable bonds is 12. The maximum atomic E-state index is 5.85. The fourth-order valence-corrected chi connectivity index (χ4v) is 3.92. The molecule has 0 amide bonds. The van der Waals surface area contributed by atoms with Gasteiger partial charge in [-0.15, -0.1) is 0 Å². The molecule has 7 heteroatoms. The molecule has 2 saturated heterocycles. The minimum atomic E-state index is 0.571. The topological polar surface area (TPSA) is 61.4 Å². The molecule has 1 unspecified atom stereocenters. The molecule has 0 bridgehead atoms. The van der Waals surface area contributed by atoms with Crippen molar-refractivity contribution in [2.75, 3.05) is 85.3 Å². The number of hydrogen-bond acceptors (Lipinski definition) is 5. The normalized spacial score (nSPS) is 21.3. The second-order valence-corrected chi connectivity index (χ2v) is 8.47. The van der Waals surface area contributed by atoms with Gasteiger partial charge in [0.15, 0.2) is 5.96 Å². The molecule has 0 saturated carbocycles. The van der Waals surface area contributed by atoms with Crippen LogP contribution in [-0.4, -0.2) is 101 Å². The average molecular weight is 412 g/mol. The Labute approximate surface area is 178 Å². The molecule has 0 aromatic carbocycles. The number of aliphatic imine (C=N–C) groups is 1. The molecular formula is C22H45N5O2. The molecule has 0 aromatic rings. The van der Waals surface area contributed by atoms with Crippen LogP contribution < -0.4 is 10.6 Å². The van der Waals surface area contributed by atoms with Gasteiger partial charge in [-0.05, 0) is 44.6 Å². The minimum absolute atomic E-state index is 0.571. The Morgan fingerprint density at radius 2 is 1.83 bits per heavy atom. The predicted octanol–water partition coefficient (Wildman–Crippen LogP) is 1.65. The third kappa shape index (κ3) is 10.6. The summed E-state index contributed by atoms with van der Waals surface area (Å²) in [7, 11) is 0. The van der Waals surface area contributed by atoms with Crippen molar-refractivity contribution in [3.8, 4) is 0 Å². The van der Waals surface area contributed by atoms with Gasteiger partial charge in [0.05, 0.1) is 0 Å². The Hall–Kier alpha value is -0.890. The van der Waals surface area contributed by atoms with Crippen LogP contribution in [0.2, 0.25) is 0 Å². The first kappa shape index (κ1) is 24.4. The zero-order valence-corrected chi connectivity index (χ0v) is 19.1. The molecule has 2 heterocycles. The van der Waals surface area contributed by atoms with Crippen molar-refractivity contribution in [3.05, 3.63) is 0 Å². The van der Waals surface area contributed by atoms with E-state index in [-0.39, 0.29) is 0 Å². The molecule has 7 nitrogen and oxygen atoms in total. The van der Waals surface area contributed by atoms with E-state index in [1.807, 2.05) is 0 Å². The largest absolute Gasteiger partial charge is 0.381 e. The Morgan fingerprint density at radius 3 is 2.52 bits per heavy atom. The van der Waals surface area contributed by atoms with Gasteiger partial charge in [-0.3, -0.25) is 4.99 Å². The molecule has 2 rings (SSSR count). The highest BCUT2D eigenvalue weighted by atomic mass is 16.5. The van der Waals surface area contributed by atoms with E-state index >= 15 is 0 Å². The second kappa shape index (κ2) is 15.0. The van der Waals surface area contributed by atoms with Gasteiger partial charge >= 0.3 is 0 Å². The monoisotopic (exact) mass is 411 g/mol. The second-order valence-electron chi connectivity index (χ2n) is 8.47. The summed E-state index contributed by atoms with van der Waals surface area (Å²) in [5.74, 6) is 2.18. The summed E-state index contributed by atoms with van der Waals surface area (Å²) in [6.45, 7) is 19.9. The molecule has 0 aliphatic carbocycles. The van der Waals surface area contributed by atoms with E-state index in [9.17, 15) is 0 Å². The Balaban J connectivity index is 1.56. The highest BCUT2D eigenvalue weighted by Crippen LogP contribution is 2.14. The maximum Gasteiger partial charge on any atom is 0.191 e. The Kier molecular flexibility index (Phi) is 12.6. The van der Waals surface area contributed by atoms with Crippen LogP contribution in [0.25, 0.3) is 0 Å². The van der Waals surface area contributed by atoms with Crippen molar-refractivity contribution in [2.24, 2.45) is 16.8 Å². The van der Waals surface area contributed by atoms with Crippen LogP contribution in [-0.2, 0) is 9.47 Å². The van der Waals surface area contributed by atoms with Crippen molar-refractivity contribution in [1.29, 1.82) is 0 Å². The van der Waals surface area contributed by atoms with Crippen LogP contribution in [0, 0.1) is 11.8 Å². The molecule has 0 aromatic heterocycles. The quantitative estimate of drug-likeness (QED) is 0.289. The number of nitrogens with zero attached hydrogens (tertiary/aromatic N) is 3. The molecule has 2 N–H and O–H groups in total. The van der Waals surface area contributed by atoms with Crippen molar-refractivity contribution >= 4 is 5.96 Å². The SMILES string of the molecule is CCNC(=NCC(C)CN1CCN(CC)CC1)NCCCOCC1CCOCC1. The molecule has 2 fully saturated rings. The van der Waals surface area contributed by atoms with Crippen LogP contribution in [0.5, 0.6) is 0 Å². The summed E-state index contributed by atoms with van der Waals surface area (Å²) in [5.41, 5.74) is 0. The molecule has 2 aliphatic heterocycles. The molecule has 2 aliphatic rings. The summed E-state index contributed by atoms with van der Waals surface area (Å²) in [4.78, 5) is 9.92. The van der Waals surface area contributed by atoms with Crippen LogP contribution in [0.4, 0.5) is 0 Å². The van der Waals surface area contributed by atoms with Gasteiger partial charge in [0.2, 0.25) is 0 Å². The minimum Gasteiger partial charge on any atom is -0.381 e. The number of nitrogens with one attached hydrogen (secondary N) is 2. The molecule has 0 radical (unpaired) electrons. The Bertz CT molecular complexity index is 435. The summed E-state index contributed by atoms with van der Waals surface area (Å²) < 4.78 is 11.2. The van der Waals surface area contributed by atoms with Crippen molar-refractivity contribution < 1.29 is 9.47 Å². The van der Waals surface area contributed by atoms with E-state index in [0.29, 0.717) is 11.8 Å². The van der Waals surface area contributed by atoms with Crippen LogP contribution >= 0.6 is 0 Å². The zero-order valence-electron chi connectivity index (χ0n) is 19.1. The van der Waals surface area contributed by atoms with E-state index in [2.05, 4.69) is 41.2 Å². The third-order valence-corrected chi connectivity index (χ3v) is 5.84. The summed E-state index contributed by atoms with van der Waals surface area (Å²) in [6, 6.07) is 0. The summed E-state index contributed by atoms with van der Waals surface area (Å²) >= 11 is 0. The molecule has 1 atom stereocenters. The number of hydrogen-bond donors (Lipinski definition) is 2. The first-order chi connectivity index (χ1) is 14.2. The number of piperazine rings is 1. The van der Waals surface area contributed by atoms with Gasteiger partial charge in [-0.25, -0.2) is 0 Å². The van der Waals surface area contributed by atoms with Crippen LogP contribution in [0.1, 0.15) is 40.0 Å². The van der Waals surface area contributed by atoms with Gasteiger partial charge in [0, 0.05) is 78.8 Å². The zero-order chi connectivity index (χ0) is 20.7.